The van der Waals surface area contributed by atoms with Crippen LogP contribution in [-0.4, -0.2) is 60.8 Å². The first-order chi connectivity index (χ1) is 18.0. The molecule has 8 heteroatoms. The number of aryl methyl sites for hydroxylation is 2. The van der Waals surface area contributed by atoms with Crippen LogP contribution in [0.25, 0.3) is 0 Å². The molecule has 1 aliphatic rings. The molecular formula is C29H38FN3O4. The lowest BCUT2D eigenvalue weighted by atomic mass is 9.95. The van der Waals surface area contributed by atoms with E-state index < -0.39 is 5.60 Å². The third-order valence-electron chi connectivity index (χ3n) is 6.94. The molecule has 0 N–H and O–H groups in total. The zero-order chi connectivity index (χ0) is 26.1. The van der Waals surface area contributed by atoms with Gasteiger partial charge < -0.3 is 18.9 Å². The second-order valence-corrected chi connectivity index (χ2v) is 9.70. The lowest BCUT2D eigenvalue weighted by Gasteiger charge is -2.31. The number of rotatable bonds is 12. The van der Waals surface area contributed by atoms with Crippen molar-refractivity contribution in [2.45, 2.75) is 51.3 Å². The average Bonchev–Trinajstić information content (AvgIpc) is 3.22. The predicted molar refractivity (Wildman–Crippen MR) is 141 cm³/mol. The van der Waals surface area contributed by atoms with Crippen LogP contribution in [0.5, 0.6) is 17.2 Å². The maximum atomic E-state index is 14.0. The van der Waals surface area contributed by atoms with E-state index >= 15 is 0 Å². The fourth-order valence-corrected chi connectivity index (χ4v) is 4.75. The Morgan fingerprint density at radius 2 is 1.86 bits per heavy atom. The molecule has 1 aliphatic heterocycles. The first kappa shape index (κ1) is 26.9. The van der Waals surface area contributed by atoms with E-state index in [1.54, 1.807) is 32.4 Å². The molecule has 0 saturated carbocycles. The lowest BCUT2D eigenvalue weighted by molar-refractivity contribution is -0.0548. The third kappa shape index (κ3) is 7.46. The molecule has 1 unspecified atom stereocenters. The molecule has 1 fully saturated rings. The first-order valence-corrected chi connectivity index (χ1v) is 12.9. The highest BCUT2D eigenvalue weighted by atomic mass is 19.1. The summed E-state index contributed by atoms with van der Waals surface area (Å²) in [5, 5.41) is 4.33. The Kier molecular flexibility index (Phi) is 9.41. The monoisotopic (exact) mass is 511 g/mol. The molecule has 4 rings (SSSR count). The van der Waals surface area contributed by atoms with Gasteiger partial charge in [0, 0.05) is 39.4 Å². The number of ether oxygens (including phenoxy) is 4. The molecule has 200 valence electrons. The van der Waals surface area contributed by atoms with Gasteiger partial charge in [-0.3, -0.25) is 9.58 Å². The van der Waals surface area contributed by atoms with E-state index in [1.807, 2.05) is 30.1 Å². The number of aromatic nitrogens is 2. The third-order valence-corrected chi connectivity index (χ3v) is 6.94. The molecule has 2 aromatic carbocycles. The number of methoxy groups -OCH3 is 2. The van der Waals surface area contributed by atoms with Gasteiger partial charge in [0.2, 0.25) is 0 Å². The Bertz CT molecular complexity index is 1140. The molecule has 1 saturated heterocycles. The van der Waals surface area contributed by atoms with Crippen LogP contribution in [0.15, 0.2) is 54.9 Å². The minimum atomic E-state index is -0.432. The fraction of sp³-hybridized carbons (Fsp3) is 0.483. The summed E-state index contributed by atoms with van der Waals surface area (Å²) in [6.45, 7) is 6.38. The molecule has 3 aromatic rings. The van der Waals surface area contributed by atoms with Crippen molar-refractivity contribution in [3.63, 3.8) is 0 Å². The quantitative estimate of drug-likeness (QED) is 0.309. The molecule has 1 aromatic heterocycles. The Hall–Kier alpha value is -3.10. The van der Waals surface area contributed by atoms with Crippen molar-refractivity contribution in [3.05, 3.63) is 71.8 Å². The number of hydrogen-bond donors (Lipinski definition) is 0. The Balaban J connectivity index is 1.31. The van der Waals surface area contributed by atoms with Gasteiger partial charge in [-0.15, -0.1) is 0 Å². The SMILES string of the molecule is COc1ccc(CN2CCCC(COc3ccccc3F)(OC)CC2)cc1OCCCn1cc(C)cn1. The number of halogens is 1. The largest absolute Gasteiger partial charge is 0.493 e. The number of nitrogens with zero attached hydrogens (tertiary/aromatic N) is 3. The first-order valence-electron chi connectivity index (χ1n) is 12.9. The van der Waals surface area contributed by atoms with Gasteiger partial charge in [0.15, 0.2) is 23.1 Å². The molecule has 1 atom stereocenters. The minimum absolute atomic E-state index is 0.269. The van der Waals surface area contributed by atoms with Crippen LogP contribution in [-0.2, 0) is 17.8 Å². The zero-order valence-electron chi connectivity index (χ0n) is 22.1. The molecule has 0 bridgehead atoms. The van der Waals surface area contributed by atoms with Crippen LogP contribution >= 0.6 is 0 Å². The second-order valence-electron chi connectivity index (χ2n) is 9.70. The van der Waals surface area contributed by atoms with Crippen molar-refractivity contribution in [2.24, 2.45) is 0 Å². The number of benzene rings is 2. The highest BCUT2D eigenvalue weighted by molar-refractivity contribution is 5.43. The maximum Gasteiger partial charge on any atom is 0.165 e. The molecule has 0 radical (unpaired) electrons. The lowest BCUT2D eigenvalue weighted by Crippen LogP contribution is -2.39. The van der Waals surface area contributed by atoms with Crippen LogP contribution in [0.2, 0.25) is 0 Å². The van der Waals surface area contributed by atoms with Gasteiger partial charge in [-0.1, -0.05) is 18.2 Å². The topological polar surface area (TPSA) is 58.0 Å². The van der Waals surface area contributed by atoms with E-state index in [1.165, 1.54) is 11.6 Å². The number of likely N-dealkylation sites (tertiary alicyclic amines) is 1. The van der Waals surface area contributed by atoms with E-state index in [0.717, 1.165) is 68.9 Å². The standard InChI is InChI=1S/C29H38FN3O4/c1-23-19-31-33(20-23)15-7-17-36-28-18-24(10-11-27(28)34-2)21-32-14-6-12-29(35-3,13-16-32)22-37-26-9-5-4-8-25(26)30/h4-5,8-11,18-20H,6-7,12-17,21-22H2,1-3H3. The van der Waals surface area contributed by atoms with E-state index in [-0.39, 0.29) is 11.6 Å². The van der Waals surface area contributed by atoms with Crippen LogP contribution < -0.4 is 14.2 Å². The van der Waals surface area contributed by atoms with Crippen molar-refractivity contribution in [1.29, 1.82) is 0 Å². The summed E-state index contributed by atoms with van der Waals surface area (Å²) < 4.78 is 39.4. The molecule has 7 nitrogen and oxygen atoms in total. The molecule has 37 heavy (non-hydrogen) atoms. The van der Waals surface area contributed by atoms with Crippen LogP contribution in [0, 0.1) is 12.7 Å². The van der Waals surface area contributed by atoms with E-state index in [2.05, 4.69) is 22.1 Å². The Morgan fingerprint density at radius 1 is 1.00 bits per heavy atom. The summed E-state index contributed by atoms with van der Waals surface area (Å²) in [5.74, 6) is 1.41. The van der Waals surface area contributed by atoms with E-state index in [0.29, 0.717) is 13.2 Å². The van der Waals surface area contributed by atoms with Crippen molar-refractivity contribution < 1.29 is 23.3 Å². The molecular weight excluding hydrogens is 473 g/mol. The predicted octanol–water partition coefficient (Wildman–Crippen LogP) is 5.26. The van der Waals surface area contributed by atoms with Crippen molar-refractivity contribution in [3.8, 4) is 17.2 Å². The highest BCUT2D eigenvalue weighted by Gasteiger charge is 2.34. The van der Waals surface area contributed by atoms with E-state index in [4.69, 9.17) is 18.9 Å². The number of para-hydroxylation sites is 1. The zero-order valence-corrected chi connectivity index (χ0v) is 22.1. The summed E-state index contributed by atoms with van der Waals surface area (Å²) in [4.78, 5) is 2.43. The van der Waals surface area contributed by atoms with Crippen molar-refractivity contribution >= 4 is 0 Å². The fourth-order valence-electron chi connectivity index (χ4n) is 4.75. The van der Waals surface area contributed by atoms with Crippen LogP contribution in [0.4, 0.5) is 4.39 Å². The molecule has 0 spiro atoms. The van der Waals surface area contributed by atoms with Gasteiger partial charge in [0.1, 0.15) is 12.2 Å². The smallest absolute Gasteiger partial charge is 0.165 e. The van der Waals surface area contributed by atoms with Crippen molar-refractivity contribution in [1.82, 2.24) is 14.7 Å². The molecule has 0 aliphatic carbocycles. The Labute approximate surface area is 219 Å². The van der Waals surface area contributed by atoms with Crippen LogP contribution in [0.1, 0.15) is 36.8 Å². The summed E-state index contributed by atoms with van der Waals surface area (Å²) in [6, 6.07) is 12.6. The Morgan fingerprint density at radius 3 is 2.62 bits per heavy atom. The van der Waals surface area contributed by atoms with Crippen molar-refractivity contribution in [2.75, 3.05) is 40.5 Å². The summed E-state index contributed by atoms with van der Waals surface area (Å²) in [5.41, 5.74) is 1.90. The normalized spacial score (nSPS) is 18.4. The van der Waals surface area contributed by atoms with Gasteiger partial charge in [-0.2, -0.15) is 5.10 Å². The van der Waals surface area contributed by atoms with Gasteiger partial charge >= 0.3 is 0 Å². The summed E-state index contributed by atoms with van der Waals surface area (Å²) >= 11 is 0. The van der Waals surface area contributed by atoms with E-state index in [9.17, 15) is 4.39 Å². The van der Waals surface area contributed by atoms with Gasteiger partial charge in [0.25, 0.3) is 0 Å². The number of hydrogen-bond acceptors (Lipinski definition) is 6. The van der Waals surface area contributed by atoms with Crippen LogP contribution in [0.3, 0.4) is 0 Å². The maximum absolute atomic E-state index is 14.0. The highest BCUT2D eigenvalue weighted by Crippen LogP contribution is 2.31. The second kappa shape index (κ2) is 12.9. The molecule has 2 heterocycles. The minimum Gasteiger partial charge on any atom is -0.493 e. The summed E-state index contributed by atoms with van der Waals surface area (Å²) in [7, 11) is 3.39. The summed E-state index contributed by atoms with van der Waals surface area (Å²) in [6.07, 6.45) is 7.40. The van der Waals surface area contributed by atoms with Gasteiger partial charge in [-0.05, 0) is 68.1 Å². The van der Waals surface area contributed by atoms with Gasteiger partial charge in [-0.25, -0.2) is 4.39 Å². The average molecular weight is 512 g/mol. The van der Waals surface area contributed by atoms with Gasteiger partial charge in [0.05, 0.1) is 19.9 Å². The molecule has 0 amide bonds.